The van der Waals surface area contributed by atoms with Crippen LogP contribution in [0, 0.1) is 6.92 Å². The lowest BCUT2D eigenvalue weighted by molar-refractivity contribution is 0.311. The lowest BCUT2D eigenvalue weighted by Crippen LogP contribution is -2.28. The highest BCUT2D eigenvalue weighted by molar-refractivity contribution is 5.82. The molecule has 0 bridgehead atoms. The molecule has 3 aromatic rings. The summed E-state index contributed by atoms with van der Waals surface area (Å²) in [7, 11) is 2.07. The number of nitrogen functional groups attached to an aromatic ring is 1. The second-order valence-electron chi connectivity index (χ2n) is 5.98. The number of hydrogen-bond donors (Lipinski definition) is 2. The van der Waals surface area contributed by atoms with Crippen LogP contribution in [0.2, 0.25) is 0 Å². The maximum Gasteiger partial charge on any atom is 0.198 e. The lowest BCUT2D eigenvalue weighted by Gasteiger charge is -2.28. The molecule has 0 saturated carbocycles. The van der Waals surface area contributed by atoms with E-state index < -0.39 is 0 Å². The maximum atomic E-state index is 5.94. The number of likely N-dealkylation sites (N-methyl/N-ethyl adjacent to an activating group) is 1. The molecule has 1 aromatic carbocycles. The summed E-state index contributed by atoms with van der Waals surface area (Å²) in [4.78, 5) is 14.1. The third-order valence-corrected chi connectivity index (χ3v) is 4.24. The Bertz CT molecular complexity index is 902. The molecule has 24 heavy (non-hydrogen) atoms. The normalized spacial score (nSPS) is 13.5. The van der Waals surface area contributed by atoms with Crippen LogP contribution in [0.5, 0.6) is 5.75 Å². The van der Waals surface area contributed by atoms with E-state index in [1.807, 2.05) is 31.2 Å². The smallest absolute Gasteiger partial charge is 0.198 e. The fourth-order valence-electron chi connectivity index (χ4n) is 3.01. The molecular weight excluding hydrogens is 302 g/mol. The van der Waals surface area contributed by atoms with Crippen LogP contribution in [0.25, 0.3) is 22.5 Å². The topological polar surface area (TPSA) is 80.1 Å². The molecule has 0 amide bonds. The summed E-state index contributed by atoms with van der Waals surface area (Å²) in [5.41, 5.74) is 11.7. The number of nitrogens with zero attached hydrogens (tertiary/aromatic N) is 3. The van der Waals surface area contributed by atoms with E-state index in [2.05, 4.69) is 33.0 Å². The highest BCUT2D eigenvalue weighted by atomic mass is 16.5. The van der Waals surface area contributed by atoms with Crippen molar-refractivity contribution >= 4 is 11.6 Å². The van der Waals surface area contributed by atoms with E-state index in [4.69, 9.17) is 10.5 Å². The number of hydrogen-bond acceptors (Lipinski definition) is 5. The number of anilines is 2. The van der Waals surface area contributed by atoms with Gasteiger partial charge in [0, 0.05) is 30.1 Å². The molecule has 0 aliphatic carbocycles. The van der Waals surface area contributed by atoms with E-state index in [-0.39, 0.29) is 0 Å². The van der Waals surface area contributed by atoms with E-state index in [1.54, 1.807) is 6.20 Å². The monoisotopic (exact) mass is 321 g/mol. The number of ether oxygens (including phenoxy) is 1. The first kappa shape index (κ1) is 14.6. The van der Waals surface area contributed by atoms with Crippen LogP contribution in [0.4, 0.5) is 11.6 Å². The predicted octanol–water partition coefficient (Wildman–Crippen LogP) is 2.86. The van der Waals surface area contributed by atoms with Crippen LogP contribution in [-0.2, 0) is 0 Å². The van der Waals surface area contributed by atoms with Gasteiger partial charge in [-0.2, -0.15) is 0 Å². The molecule has 1 aliphatic rings. The van der Waals surface area contributed by atoms with Crippen molar-refractivity contribution in [2.24, 2.45) is 0 Å². The van der Waals surface area contributed by atoms with Crippen molar-refractivity contribution in [3.8, 4) is 28.3 Å². The van der Waals surface area contributed by atoms with Gasteiger partial charge in [0.15, 0.2) is 5.95 Å². The zero-order chi connectivity index (χ0) is 16.7. The van der Waals surface area contributed by atoms with E-state index in [1.165, 1.54) is 0 Å². The summed E-state index contributed by atoms with van der Waals surface area (Å²) in [6.45, 7) is 3.55. The number of nitrogens with one attached hydrogen (secondary N) is 1. The van der Waals surface area contributed by atoms with Crippen molar-refractivity contribution < 1.29 is 4.74 Å². The first-order chi connectivity index (χ1) is 11.6. The van der Waals surface area contributed by atoms with Crippen LogP contribution in [0.15, 0.2) is 36.5 Å². The largest absolute Gasteiger partial charge is 0.490 e. The Hall–Kier alpha value is -3.02. The van der Waals surface area contributed by atoms with Gasteiger partial charge in [-0.15, -0.1) is 0 Å². The molecule has 3 heterocycles. The summed E-state index contributed by atoms with van der Waals surface area (Å²) >= 11 is 0. The maximum absolute atomic E-state index is 5.94. The van der Waals surface area contributed by atoms with Gasteiger partial charge in [0.25, 0.3) is 0 Å². The molecule has 1 aliphatic heterocycles. The van der Waals surface area contributed by atoms with Crippen molar-refractivity contribution in [2.45, 2.75) is 6.92 Å². The summed E-state index contributed by atoms with van der Waals surface area (Å²) in [5.74, 6) is 1.30. The van der Waals surface area contributed by atoms with Crippen molar-refractivity contribution in [1.29, 1.82) is 0 Å². The average Bonchev–Trinajstić information content (AvgIpc) is 2.97. The van der Waals surface area contributed by atoms with Gasteiger partial charge in [-0.05, 0) is 37.3 Å². The van der Waals surface area contributed by atoms with E-state index in [9.17, 15) is 0 Å². The fourth-order valence-corrected chi connectivity index (χ4v) is 3.01. The Morgan fingerprint density at radius 1 is 1.21 bits per heavy atom. The number of fused-ring (bicyclic) bond motifs is 1. The summed E-state index contributed by atoms with van der Waals surface area (Å²) < 4.78 is 5.72. The quantitative estimate of drug-likeness (QED) is 0.758. The Kier molecular flexibility index (Phi) is 3.37. The van der Waals surface area contributed by atoms with Gasteiger partial charge in [0.1, 0.15) is 12.4 Å². The first-order valence-corrected chi connectivity index (χ1v) is 7.88. The van der Waals surface area contributed by atoms with Crippen LogP contribution in [0.1, 0.15) is 5.69 Å². The molecule has 122 valence electrons. The number of H-pyrrole nitrogens is 1. The van der Waals surface area contributed by atoms with Crippen molar-refractivity contribution in [2.75, 3.05) is 30.8 Å². The number of pyridine rings is 1. The molecule has 0 atom stereocenters. The zero-order valence-electron chi connectivity index (χ0n) is 13.7. The summed E-state index contributed by atoms with van der Waals surface area (Å²) in [6, 6.07) is 10.1. The molecule has 4 rings (SSSR count). The van der Waals surface area contributed by atoms with Gasteiger partial charge in [-0.3, -0.25) is 4.98 Å². The third-order valence-electron chi connectivity index (χ3n) is 4.24. The minimum atomic E-state index is 0.400. The van der Waals surface area contributed by atoms with Gasteiger partial charge in [0.2, 0.25) is 0 Å². The minimum absolute atomic E-state index is 0.400. The van der Waals surface area contributed by atoms with E-state index in [0.29, 0.717) is 12.6 Å². The Labute approximate surface area is 140 Å². The SMILES string of the molecule is Cc1cc(-c2[nH]c(N)nc2-c2ccc3c(c2)N(C)CCO3)ccn1. The standard InChI is InChI=1S/C18H19N5O/c1-11-9-13(5-6-20-11)17-16(21-18(19)22-17)12-3-4-15-14(10-12)23(2)7-8-24-15/h3-6,9-10H,7-8H2,1-2H3,(H3,19,21,22). The van der Waals surface area contributed by atoms with Gasteiger partial charge in [-0.25, -0.2) is 4.98 Å². The molecule has 0 saturated heterocycles. The summed E-state index contributed by atoms with van der Waals surface area (Å²) in [6.07, 6.45) is 1.79. The van der Waals surface area contributed by atoms with Gasteiger partial charge < -0.3 is 20.4 Å². The number of aromatic amines is 1. The fraction of sp³-hybridized carbons (Fsp3) is 0.222. The molecule has 0 spiro atoms. The number of rotatable bonds is 2. The van der Waals surface area contributed by atoms with Crippen LogP contribution >= 0.6 is 0 Å². The van der Waals surface area contributed by atoms with Crippen LogP contribution in [-0.4, -0.2) is 35.2 Å². The molecule has 6 nitrogen and oxygen atoms in total. The van der Waals surface area contributed by atoms with E-state index in [0.717, 1.165) is 46.2 Å². The van der Waals surface area contributed by atoms with Gasteiger partial charge in [-0.1, -0.05) is 0 Å². The molecular formula is C18H19N5O. The number of nitrogens with two attached hydrogens (primary N) is 1. The molecule has 0 fully saturated rings. The highest BCUT2D eigenvalue weighted by Crippen LogP contribution is 2.37. The molecule has 3 N–H and O–H groups in total. The zero-order valence-corrected chi connectivity index (χ0v) is 13.7. The summed E-state index contributed by atoms with van der Waals surface area (Å²) in [5, 5.41) is 0. The third kappa shape index (κ3) is 2.46. The number of benzene rings is 1. The van der Waals surface area contributed by atoms with Crippen molar-refractivity contribution in [1.82, 2.24) is 15.0 Å². The van der Waals surface area contributed by atoms with Crippen molar-refractivity contribution in [3.63, 3.8) is 0 Å². The Balaban J connectivity index is 1.85. The van der Waals surface area contributed by atoms with Crippen LogP contribution in [0.3, 0.4) is 0 Å². The lowest BCUT2D eigenvalue weighted by atomic mass is 10.0. The van der Waals surface area contributed by atoms with Crippen molar-refractivity contribution in [3.05, 3.63) is 42.2 Å². The van der Waals surface area contributed by atoms with Gasteiger partial charge >= 0.3 is 0 Å². The first-order valence-electron chi connectivity index (χ1n) is 7.88. The number of aromatic nitrogens is 3. The highest BCUT2D eigenvalue weighted by Gasteiger charge is 2.19. The van der Waals surface area contributed by atoms with Gasteiger partial charge in [0.05, 0.1) is 23.6 Å². The second-order valence-corrected chi connectivity index (χ2v) is 5.98. The average molecular weight is 321 g/mol. The second kappa shape index (κ2) is 5.56. The number of aryl methyl sites for hydroxylation is 1. The Morgan fingerprint density at radius 3 is 2.92 bits per heavy atom. The molecule has 0 unspecified atom stereocenters. The Morgan fingerprint density at radius 2 is 2.08 bits per heavy atom. The predicted molar refractivity (Wildman–Crippen MR) is 95.2 cm³/mol. The van der Waals surface area contributed by atoms with E-state index >= 15 is 0 Å². The molecule has 2 aromatic heterocycles. The van der Waals surface area contributed by atoms with Crippen LogP contribution < -0.4 is 15.4 Å². The minimum Gasteiger partial charge on any atom is -0.490 e. The molecule has 0 radical (unpaired) electrons. The number of imidazole rings is 1. The molecule has 6 heteroatoms.